The summed E-state index contributed by atoms with van der Waals surface area (Å²) in [7, 11) is -2.11. The van der Waals surface area contributed by atoms with Crippen LogP contribution < -0.4 is 0 Å². The van der Waals surface area contributed by atoms with Crippen molar-refractivity contribution in [3.8, 4) is 22.3 Å². The SMILES string of the molecule is CC(C)c1cccc(-c2cccc3c2C=C2[CH]3[Hf]([CH3])([CH3])[CH]3C(=Cc4c(-c5cccc(C(C)C)c5)cccc43)[Si]2(C(C)C)C(C)C)c1. The predicted octanol–water partition coefficient (Wildman–Crippen LogP) is 13.5. The summed E-state index contributed by atoms with van der Waals surface area (Å²) in [5, 5.41) is 3.76. The molecule has 2 heteroatoms. The summed E-state index contributed by atoms with van der Waals surface area (Å²) in [6.45, 7) is 19.5. The first-order valence-electron chi connectivity index (χ1n) is 17.8. The van der Waals surface area contributed by atoms with Crippen molar-refractivity contribution >= 4 is 20.2 Å². The van der Waals surface area contributed by atoms with Crippen LogP contribution in [0, 0.1) is 0 Å². The van der Waals surface area contributed by atoms with E-state index in [-0.39, 0.29) is 0 Å². The van der Waals surface area contributed by atoms with Gasteiger partial charge in [-0.3, -0.25) is 0 Å². The van der Waals surface area contributed by atoms with Gasteiger partial charge in [0.25, 0.3) is 0 Å². The van der Waals surface area contributed by atoms with E-state index in [1.165, 1.54) is 44.5 Å². The second-order valence-corrected chi connectivity index (χ2v) is 38.7. The fraction of sp³-hybridized carbons (Fsp3) is 0.364. The molecule has 0 amide bonds. The molecule has 0 saturated carbocycles. The topological polar surface area (TPSA) is 0 Å². The second-order valence-electron chi connectivity index (χ2n) is 16.2. The summed E-state index contributed by atoms with van der Waals surface area (Å²) >= 11 is -3.13. The van der Waals surface area contributed by atoms with Crippen LogP contribution in [0.25, 0.3) is 34.4 Å². The zero-order chi connectivity index (χ0) is 32.7. The summed E-state index contributed by atoms with van der Waals surface area (Å²) in [5.74, 6) is 1.05. The minimum atomic E-state index is -3.13. The van der Waals surface area contributed by atoms with E-state index in [1.54, 1.807) is 11.1 Å². The predicted molar refractivity (Wildman–Crippen MR) is 201 cm³/mol. The number of hydrogen-bond acceptors (Lipinski definition) is 0. The Hall–Kier alpha value is -2.55. The van der Waals surface area contributed by atoms with E-state index < -0.39 is 28.0 Å². The fourth-order valence-electron chi connectivity index (χ4n) is 10.1. The van der Waals surface area contributed by atoms with Gasteiger partial charge in [-0.2, -0.15) is 0 Å². The summed E-state index contributed by atoms with van der Waals surface area (Å²) < 4.78 is 6.91. The Bertz CT molecular complexity index is 1760. The van der Waals surface area contributed by atoms with Gasteiger partial charge in [-0.1, -0.05) is 0 Å². The molecule has 1 heterocycles. The van der Waals surface area contributed by atoms with Crippen molar-refractivity contribution in [1.82, 2.24) is 0 Å². The van der Waals surface area contributed by atoms with Crippen molar-refractivity contribution in [2.75, 3.05) is 0 Å². The number of benzene rings is 4. The first-order chi connectivity index (χ1) is 21.9. The molecule has 0 aromatic heterocycles. The zero-order valence-electron chi connectivity index (χ0n) is 29.7. The Morgan fingerprint density at radius 2 is 0.913 bits per heavy atom. The molecule has 2 unspecified atom stereocenters. The molecule has 2 aliphatic carbocycles. The van der Waals surface area contributed by atoms with Crippen molar-refractivity contribution < 1.29 is 20.0 Å². The maximum atomic E-state index is 2.81. The number of rotatable bonds is 6. The van der Waals surface area contributed by atoms with E-state index in [1.807, 2.05) is 10.4 Å². The van der Waals surface area contributed by atoms with Crippen LogP contribution in [0.3, 0.4) is 0 Å². The Morgan fingerprint density at radius 3 is 1.28 bits per heavy atom. The molecule has 0 nitrogen and oxygen atoms in total. The standard InChI is InChI=1S/C42H46Si.2CH3.Hf/c1-27(2)31-13-9-15-33(21-31)39-19-11-17-35-23-37(25-41(35)39)43(29(5)6,30(7)8)38-24-36-18-12-20-40(42(36)26-38)34-16-10-14-32(22-34)28(3)4;;;/h9-30H,1-8H3;2*1H3;. The van der Waals surface area contributed by atoms with Crippen LogP contribution >= 0.6 is 0 Å². The van der Waals surface area contributed by atoms with Crippen LogP contribution in [-0.2, 0) is 20.0 Å². The van der Waals surface area contributed by atoms with Crippen molar-refractivity contribution in [2.24, 2.45) is 0 Å². The molecule has 1 saturated heterocycles. The third kappa shape index (κ3) is 4.60. The molecular weight excluding hydrogens is 735 g/mol. The number of hydrogen-bond donors (Lipinski definition) is 0. The van der Waals surface area contributed by atoms with Gasteiger partial charge in [0.2, 0.25) is 0 Å². The van der Waals surface area contributed by atoms with Crippen LogP contribution in [0.5, 0.6) is 0 Å². The molecule has 0 N–H and O–H groups in total. The molecule has 0 spiro atoms. The van der Waals surface area contributed by atoms with E-state index in [0.717, 1.165) is 0 Å². The molecule has 46 heavy (non-hydrogen) atoms. The third-order valence-corrected chi connectivity index (χ3v) is 35.8. The monoisotopic (exact) mass is 788 g/mol. The molecule has 2 atom stereocenters. The summed E-state index contributed by atoms with van der Waals surface area (Å²) in [5.41, 5.74) is 16.2. The van der Waals surface area contributed by atoms with Gasteiger partial charge in [-0.15, -0.1) is 0 Å². The third-order valence-electron chi connectivity index (χ3n) is 12.1. The van der Waals surface area contributed by atoms with Crippen LogP contribution in [0.15, 0.2) is 95.3 Å². The van der Waals surface area contributed by atoms with E-state index >= 15 is 0 Å². The molecule has 0 bridgehead atoms. The zero-order valence-corrected chi connectivity index (χ0v) is 34.3. The van der Waals surface area contributed by atoms with Crippen molar-refractivity contribution in [3.05, 3.63) is 129 Å². The Kier molecular flexibility index (Phi) is 8.04. The van der Waals surface area contributed by atoms with Gasteiger partial charge in [0.15, 0.2) is 0 Å². The van der Waals surface area contributed by atoms with E-state index in [9.17, 15) is 0 Å². The molecule has 236 valence electrons. The maximum absolute atomic E-state index is 3.13. The first kappa shape index (κ1) is 32.0. The second kappa shape index (κ2) is 11.6. The summed E-state index contributed by atoms with van der Waals surface area (Å²) in [4.78, 5) is 0. The van der Waals surface area contributed by atoms with Crippen molar-refractivity contribution in [3.63, 3.8) is 0 Å². The van der Waals surface area contributed by atoms with Crippen molar-refractivity contribution in [1.29, 1.82) is 0 Å². The van der Waals surface area contributed by atoms with Gasteiger partial charge >= 0.3 is 286 Å². The van der Waals surface area contributed by atoms with Crippen LogP contribution in [0.1, 0.15) is 108 Å². The minimum absolute atomic E-state index is 0.527. The van der Waals surface area contributed by atoms with Gasteiger partial charge in [0.05, 0.1) is 0 Å². The van der Waals surface area contributed by atoms with Crippen LogP contribution in [0.4, 0.5) is 0 Å². The van der Waals surface area contributed by atoms with Gasteiger partial charge in [-0.05, 0) is 0 Å². The Labute approximate surface area is 284 Å². The van der Waals surface area contributed by atoms with Gasteiger partial charge < -0.3 is 0 Å². The van der Waals surface area contributed by atoms with E-state index in [4.69, 9.17) is 0 Å². The van der Waals surface area contributed by atoms with Gasteiger partial charge in [0, 0.05) is 0 Å². The average Bonchev–Trinajstić information content (AvgIpc) is 3.62. The molecule has 0 radical (unpaired) electrons. The van der Waals surface area contributed by atoms with Crippen LogP contribution in [0.2, 0.25) is 20.4 Å². The van der Waals surface area contributed by atoms with Gasteiger partial charge in [-0.25, -0.2) is 0 Å². The molecule has 3 aliphatic rings. The first-order valence-corrected chi connectivity index (χ1v) is 31.3. The molecular formula is C44H52HfSi. The molecule has 4 aromatic rings. The number of fused-ring (bicyclic) bond motifs is 6. The fourth-order valence-corrected chi connectivity index (χ4v) is 42.8. The van der Waals surface area contributed by atoms with Gasteiger partial charge in [0.1, 0.15) is 0 Å². The summed E-state index contributed by atoms with van der Waals surface area (Å²) in [6, 6.07) is 33.3. The molecule has 7 rings (SSSR count). The van der Waals surface area contributed by atoms with E-state index in [2.05, 4.69) is 162 Å². The van der Waals surface area contributed by atoms with Crippen LogP contribution in [-0.4, -0.2) is 8.07 Å². The Balaban J connectivity index is 1.48. The molecule has 4 aromatic carbocycles. The molecule has 1 aliphatic heterocycles. The Morgan fingerprint density at radius 1 is 0.522 bits per heavy atom. The average molecular weight is 787 g/mol. The summed E-state index contributed by atoms with van der Waals surface area (Å²) in [6.07, 6.45) is 5.55. The van der Waals surface area contributed by atoms with Crippen molar-refractivity contribution in [2.45, 2.75) is 95.0 Å². The quantitative estimate of drug-likeness (QED) is 0.171. The normalized spacial score (nSPS) is 20.5. The molecule has 1 fully saturated rings. The van der Waals surface area contributed by atoms with E-state index in [0.29, 0.717) is 30.3 Å². The number of allylic oxidation sites excluding steroid dienone is 2.